The van der Waals surface area contributed by atoms with Crippen LogP contribution < -0.4 is 5.32 Å². The molecule has 1 N–H and O–H groups in total. The molecule has 1 amide bonds. The van der Waals surface area contributed by atoms with E-state index in [9.17, 15) is 4.79 Å². The minimum absolute atomic E-state index is 0.251. The number of rotatable bonds is 4. The number of carbonyl (C=O) groups excluding carboxylic acids is 1. The van der Waals surface area contributed by atoms with Gasteiger partial charge >= 0.3 is 0 Å². The van der Waals surface area contributed by atoms with Gasteiger partial charge in [0.25, 0.3) is 0 Å². The summed E-state index contributed by atoms with van der Waals surface area (Å²) in [5.74, 6) is 0. The molecule has 1 atom stereocenters. The maximum Gasteiger partial charge on any atom is 0.211 e. The fourth-order valence-corrected chi connectivity index (χ4v) is 1.77. The first kappa shape index (κ1) is 11.8. The molecule has 6 nitrogen and oxygen atoms in total. The second-order valence-electron chi connectivity index (χ2n) is 3.43. The van der Waals surface area contributed by atoms with Crippen LogP contribution in [0, 0.1) is 0 Å². The van der Waals surface area contributed by atoms with E-state index in [4.69, 9.17) is 16.3 Å². The van der Waals surface area contributed by atoms with Gasteiger partial charge in [-0.2, -0.15) is 5.10 Å². The first-order valence-electron chi connectivity index (χ1n) is 4.94. The molecule has 0 saturated carbocycles. The predicted molar refractivity (Wildman–Crippen MR) is 63.1 cm³/mol. The van der Waals surface area contributed by atoms with Crippen molar-refractivity contribution in [3.63, 3.8) is 0 Å². The van der Waals surface area contributed by atoms with E-state index in [1.165, 1.54) is 0 Å². The van der Waals surface area contributed by atoms with Crippen LogP contribution in [0.2, 0.25) is 5.15 Å². The molecule has 0 saturated heterocycles. The van der Waals surface area contributed by atoms with Gasteiger partial charge in [-0.3, -0.25) is 4.79 Å². The molecule has 0 fully saturated rings. The number of hydrogen-bond donors (Lipinski definition) is 1. The van der Waals surface area contributed by atoms with Crippen molar-refractivity contribution in [1.82, 2.24) is 14.6 Å². The zero-order valence-electron chi connectivity index (χ0n) is 9.35. The Balaban J connectivity index is 2.69. The van der Waals surface area contributed by atoms with Crippen molar-refractivity contribution in [2.75, 3.05) is 12.4 Å². The van der Waals surface area contributed by atoms with Gasteiger partial charge in [0, 0.05) is 13.2 Å². The van der Waals surface area contributed by atoms with E-state index in [0.717, 1.165) is 0 Å². The highest BCUT2D eigenvalue weighted by Crippen LogP contribution is 2.25. The number of anilines is 1. The third kappa shape index (κ3) is 2.09. The quantitative estimate of drug-likeness (QED) is 0.843. The number of carbonyl (C=O) groups is 1. The molecule has 0 aromatic carbocycles. The second kappa shape index (κ2) is 4.68. The molecular formula is C10H11ClN4O2. The molecule has 0 bridgehead atoms. The normalized spacial score (nSPS) is 12.6. The number of nitrogens with one attached hydrogen (secondary N) is 1. The highest BCUT2D eigenvalue weighted by atomic mass is 35.5. The molecule has 0 aliphatic heterocycles. The van der Waals surface area contributed by atoms with Gasteiger partial charge in [-0.1, -0.05) is 11.6 Å². The summed E-state index contributed by atoms with van der Waals surface area (Å²) in [5.41, 5.74) is 1.84. The molecule has 90 valence electrons. The minimum Gasteiger partial charge on any atom is -0.375 e. The van der Waals surface area contributed by atoms with Crippen LogP contribution in [0.1, 0.15) is 18.7 Å². The van der Waals surface area contributed by atoms with E-state index in [-0.39, 0.29) is 6.10 Å². The van der Waals surface area contributed by atoms with Crippen LogP contribution in [0.5, 0.6) is 0 Å². The van der Waals surface area contributed by atoms with E-state index >= 15 is 0 Å². The lowest BCUT2D eigenvalue weighted by atomic mass is 10.2. The van der Waals surface area contributed by atoms with Crippen LogP contribution in [0.15, 0.2) is 12.3 Å². The third-order valence-corrected chi connectivity index (χ3v) is 2.63. The van der Waals surface area contributed by atoms with E-state index in [1.54, 1.807) is 23.9 Å². The van der Waals surface area contributed by atoms with Gasteiger partial charge in [-0.05, 0) is 6.92 Å². The molecule has 0 spiro atoms. The summed E-state index contributed by atoms with van der Waals surface area (Å²) in [6, 6.07) is 1.64. The number of halogens is 1. The van der Waals surface area contributed by atoms with Crippen molar-refractivity contribution in [3.05, 3.63) is 23.1 Å². The van der Waals surface area contributed by atoms with Crippen molar-refractivity contribution < 1.29 is 9.53 Å². The van der Waals surface area contributed by atoms with Crippen molar-refractivity contribution in [1.29, 1.82) is 0 Å². The first-order valence-corrected chi connectivity index (χ1v) is 5.32. The number of fused-ring (bicyclic) bond motifs is 1. The lowest BCUT2D eigenvalue weighted by Crippen LogP contribution is -2.11. The molecule has 0 aliphatic rings. The van der Waals surface area contributed by atoms with Crippen LogP contribution >= 0.6 is 11.6 Å². The highest BCUT2D eigenvalue weighted by Gasteiger charge is 2.16. The Morgan fingerprint density at radius 1 is 1.65 bits per heavy atom. The number of amides is 1. The Hall–Kier alpha value is -1.66. The molecule has 2 aromatic rings. The molecule has 0 radical (unpaired) electrons. The number of methoxy groups -OCH3 is 1. The summed E-state index contributed by atoms with van der Waals surface area (Å²) in [4.78, 5) is 14.7. The van der Waals surface area contributed by atoms with Gasteiger partial charge in [-0.25, -0.2) is 9.50 Å². The standard InChI is InChI=1S/C10H11ClN4O2/c1-6(17-2)10-7(13-5-16)4-12-9-3-8(11)14-15(9)10/h3-6H,1-2H3,(H,13,16). The molecule has 1 unspecified atom stereocenters. The fraction of sp³-hybridized carbons (Fsp3) is 0.300. The maximum absolute atomic E-state index is 10.5. The SMILES string of the molecule is COC(C)c1c(NC=O)cnc2cc(Cl)nn12. The molecule has 7 heteroatoms. The first-order chi connectivity index (χ1) is 8.17. The van der Waals surface area contributed by atoms with Crippen molar-refractivity contribution in [3.8, 4) is 0 Å². The number of hydrogen-bond acceptors (Lipinski definition) is 4. The third-order valence-electron chi connectivity index (χ3n) is 2.44. The summed E-state index contributed by atoms with van der Waals surface area (Å²) in [5, 5.41) is 7.01. The zero-order valence-corrected chi connectivity index (χ0v) is 10.1. The topological polar surface area (TPSA) is 68.5 Å². The molecule has 17 heavy (non-hydrogen) atoms. The molecular weight excluding hydrogens is 244 g/mol. The van der Waals surface area contributed by atoms with Crippen LogP contribution in [0.4, 0.5) is 5.69 Å². The Morgan fingerprint density at radius 3 is 3.06 bits per heavy atom. The van der Waals surface area contributed by atoms with Crippen molar-refractivity contribution in [2.45, 2.75) is 13.0 Å². The summed E-state index contributed by atoms with van der Waals surface area (Å²) >= 11 is 5.83. The van der Waals surface area contributed by atoms with Crippen LogP contribution in [-0.2, 0) is 9.53 Å². The summed E-state index contributed by atoms with van der Waals surface area (Å²) in [6.45, 7) is 1.85. The minimum atomic E-state index is -0.251. The molecule has 2 rings (SSSR count). The lowest BCUT2D eigenvalue weighted by molar-refractivity contribution is -0.105. The predicted octanol–water partition coefficient (Wildman–Crippen LogP) is 1.66. The van der Waals surface area contributed by atoms with Crippen molar-refractivity contribution >= 4 is 29.3 Å². The zero-order chi connectivity index (χ0) is 12.4. The largest absolute Gasteiger partial charge is 0.375 e. The van der Waals surface area contributed by atoms with E-state index < -0.39 is 0 Å². The van der Waals surface area contributed by atoms with Gasteiger partial charge in [0.15, 0.2) is 10.8 Å². The Labute approximate surface area is 103 Å². The monoisotopic (exact) mass is 254 g/mol. The van der Waals surface area contributed by atoms with E-state index in [2.05, 4.69) is 15.4 Å². The number of nitrogens with zero attached hydrogens (tertiary/aromatic N) is 3. The highest BCUT2D eigenvalue weighted by molar-refractivity contribution is 6.29. The lowest BCUT2D eigenvalue weighted by Gasteiger charge is -2.15. The molecule has 2 heterocycles. The van der Waals surface area contributed by atoms with Crippen LogP contribution in [-0.4, -0.2) is 28.1 Å². The number of aromatic nitrogens is 3. The van der Waals surface area contributed by atoms with Gasteiger partial charge in [0.2, 0.25) is 6.41 Å². The maximum atomic E-state index is 10.5. The van der Waals surface area contributed by atoms with E-state index in [1.807, 2.05) is 6.92 Å². The smallest absolute Gasteiger partial charge is 0.211 e. The van der Waals surface area contributed by atoms with Crippen LogP contribution in [0.25, 0.3) is 5.65 Å². The Bertz CT molecular complexity index is 554. The average molecular weight is 255 g/mol. The molecule has 0 aliphatic carbocycles. The Morgan fingerprint density at radius 2 is 2.41 bits per heavy atom. The fourth-order valence-electron chi connectivity index (χ4n) is 1.60. The second-order valence-corrected chi connectivity index (χ2v) is 3.82. The summed E-state index contributed by atoms with van der Waals surface area (Å²) in [6.07, 6.45) is 1.88. The molecule has 2 aromatic heterocycles. The van der Waals surface area contributed by atoms with Gasteiger partial charge < -0.3 is 10.1 Å². The van der Waals surface area contributed by atoms with Crippen molar-refractivity contribution in [2.24, 2.45) is 0 Å². The van der Waals surface area contributed by atoms with Gasteiger partial charge in [0.05, 0.1) is 23.7 Å². The Kier molecular flexibility index (Phi) is 3.26. The summed E-state index contributed by atoms with van der Waals surface area (Å²) < 4.78 is 6.81. The van der Waals surface area contributed by atoms with Crippen LogP contribution in [0.3, 0.4) is 0 Å². The van der Waals surface area contributed by atoms with E-state index in [0.29, 0.717) is 28.6 Å². The summed E-state index contributed by atoms with van der Waals surface area (Å²) in [7, 11) is 1.58. The van der Waals surface area contributed by atoms with Gasteiger partial charge in [0.1, 0.15) is 0 Å². The van der Waals surface area contributed by atoms with Gasteiger partial charge in [-0.15, -0.1) is 0 Å². The average Bonchev–Trinajstić information content (AvgIpc) is 2.68. The number of ether oxygens (including phenoxy) is 1.